The summed E-state index contributed by atoms with van der Waals surface area (Å²) < 4.78 is 28.6. The van der Waals surface area contributed by atoms with E-state index in [0.29, 0.717) is 12.0 Å². The normalized spacial score (nSPS) is 10.5. The van der Waals surface area contributed by atoms with Crippen LogP contribution in [0.1, 0.15) is 29.8 Å². The molecule has 98 valence electrons. The predicted octanol–water partition coefficient (Wildman–Crippen LogP) is 2.96. The first-order chi connectivity index (χ1) is 8.36. The molecule has 0 aromatic heterocycles. The summed E-state index contributed by atoms with van der Waals surface area (Å²) in [6.07, 6.45) is 0.401. The van der Waals surface area contributed by atoms with Crippen molar-refractivity contribution in [2.24, 2.45) is 0 Å². The predicted molar refractivity (Wildman–Crippen MR) is 59.1 cm³/mol. The molecule has 0 bridgehead atoms. The summed E-state index contributed by atoms with van der Waals surface area (Å²) in [5.41, 5.74) is -0.502. The van der Waals surface area contributed by atoms with E-state index in [9.17, 15) is 23.7 Å². The molecule has 0 unspecified atom stereocenters. The van der Waals surface area contributed by atoms with Crippen LogP contribution in [0.4, 0.5) is 14.5 Å². The van der Waals surface area contributed by atoms with E-state index in [2.05, 4.69) is 4.74 Å². The number of nitrogens with zero attached hydrogens (tertiary/aromatic N) is 1. The molecule has 1 aromatic rings. The minimum Gasteiger partial charge on any atom is -0.434 e. The number of hydrogen-bond acceptors (Lipinski definition) is 4. The fourth-order valence-electron chi connectivity index (χ4n) is 1.55. The second kappa shape index (κ2) is 5.52. The minimum absolute atomic E-state index is 0.401. The summed E-state index contributed by atoms with van der Waals surface area (Å²) in [6.45, 7) is -0.375. The van der Waals surface area contributed by atoms with Gasteiger partial charge in [0.2, 0.25) is 0 Å². The van der Waals surface area contributed by atoms with Crippen LogP contribution < -0.4 is 4.74 Å². The number of halogens is 2. The number of rotatable bonds is 5. The van der Waals surface area contributed by atoms with Crippen molar-refractivity contribution >= 4 is 11.5 Å². The van der Waals surface area contributed by atoms with Gasteiger partial charge in [-0.3, -0.25) is 14.9 Å². The molecule has 18 heavy (non-hydrogen) atoms. The van der Waals surface area contributed by atoms with E-state index in [-0.39, 0.29) is 0 Å². The maximum Gasteiger partial charge on any atom is 0.387 e. The fourth-order valence-corrected chi connectivity index (χ4v) is 1.55. The van der Waals surface area contributed by atoms with Crippen LogP contribution in [-0.4, -0.2) is 17.3 Å². The zero-order chi connectivity index (χ0) is 13.9. The van der Waals surface area contributed by atoms with Gasteiger partial charge in [0.1, 0.15) is 11.3 Å². The van der Waals surface area contributed by atoms with E-state index in [0.717, 1.165) is 6.92 Å². The Bertz CT molecular complexity index is 488. The lowest BCUT2D eigenvalue weighted by molar-refractivity contribution is -0.385. The van der Waals surface area contributed by atoms with Crippen molar-refractivity contribution in [2.75, 3.05) is 0 Å². The highest BCUT2D eigenvalue weighted by Crippen LogP contribution is 2.32. The Kier molecular flexibility index (Phi) is 4.30. The number of Topliss-reactive ketones (excluding diaryl/α,β-unsaturated/α-hetero) is 1. The fraction of sp³-hybridized carbons (Fsp3) is 0.364. The first-order valence-corrected chi connectivity index (χ1v) is 5.13. The van der Waals surface area contributed by atoms with Gasteiger partial charge >= 0.3 is 6.61 Å². The average Bonchev–Trinajstić information content (AvgIpc) is 2.26. The first kappa shape index (κ1) is 14.0. The number of nitro groups is 1. The van der Waals surface area contributed by atoms with Crippen LogP contribution in [0.15, 0.2) is 12.1 Å². The number of benzene rings is 1. The summed E-state index contributed by atoms with van der Waals surface area (Å²) >= 11 is 0. The molecule has 0 fully saturated rings. The Morgan fingerprint density at radius 1 is 1.50 bits per heavy atom. The number of ether oxygens (including phenoxy) is 1. The molecule has 0 N–H and O–H groups in total. The van der Waals surface area contributed by atoms with Crippen molar-refractivity contribution in [2.45, 2.75) is 26.9 Å². The third-order valence-electron chi connectivity index (χ3n) is 2.31. The average molecular weight is 259 g/mol. The number of carbonyl (C=O) groups excluding carboxylic acids is 1. The Balaban J connectivity index is 3.49. The van der Waals surface area contributed by atoms with Gasteiger partial charge in [-0.15, -0.1) is 0 Å². The maximum absolute atomic E-state index is 12.2. The zero-order valence-corrected chi connectivity index (χ0v) is 9.78. The molecule has 1 rings (SSSR count). The molecule has 0 saturated heterocycles. The van der Waals surface area contributed by atoms with Crippen LogP contribution >= 0.6 is 0 Å². The highest BCUT2D eigenvalue weighted by Gasteiger charge is 2.25. The lowest BCUT2D eigenvalue weighted by Crippen LogP contribution is -2.09. The number of carbonyl (C=O) groups is 1. The van der Waals surface area contributed by atoms with Crippen molar-refractivity contribution in [3.8, 4) is 5.75 Å². The first-order valence-electron chi connectivity index (χ1n) is 5.13. The number of nitro benzene ring substituents is 1. The Hall–Kier alpha value is -2.05. The van der Waals surface area contributed by atoms with Crippen molar-refractivity contribution in [3.05, 3.63) is 33.4 Å². The van der Waals surface area contributed by atoms with Crippen LogP contribution in [-0.2, 0) is 6.42 Å². The molecule has 0 atom stereocenters. The Morgan fingerprint density at radius 2 is 2.11 bits per heavy atom. The third-order valence-corrected chi connectivity index (χ3v) is 2.31. The standard InChI is InChI=1S/C11H11F2NO4/c1-3-7-4-8(14(16)17)10(6(2)15)9(5-7)18-11(12)13/h4-5,11H,3H2,1-2H3. The third kappa shape index (κ3) is 2.99. The highest BCUT2D eigenvalue weighted by atomic mass is 19.3. The molecule has 0 aliphatic rings. The van der Waals surface area contributed by atoms with Gasteiger partial charge in [-0.2, -0.15) is 8.78 Å². The van der Waals surface area contributed by atoms with Crippen molar-refractivity contribution in [1.82, 2.24) is 0 Å². The SMILES string of the molecule is CCc1cc(OC(F)F)c(C(C)=O)c([N+](=O)[O-])c1. The quantitative estimate of drug-likeness (QED) is 0.463. The summed E-state index contributed by atoms with van der Waals surface area (Å²) in [6, 6.07) is 2.41. The van der Waals surface area contributed by atoms with Gasteiger partial charge < -0.3 is 4.74 Å². The summed E-state index contributed by atoms with van der Waals surface area (Å²) in [4.78, 5) is 21.4. The maximum atomic E-state index is 12.2. The van der Waals surface area contributed by atoms with Crippen LogP contribution in [0.25, 0.3) is 0 Å². The van der Waals surface area contributed by atoms with Crippen LogP contribution in [0, 0.1) is 10.1 Å². The molecule has 0 amide bonds. The van der Waals surface area contributed by atoms with Crippen LogP contribution in [0.5, 0.6) is 5.75 Å². The van der Waals surface area contributed by atoms with Gasteiger partial charge in [-0.1, -0.05) is 6.92 Å². The molecule has 0 saturated carbocycles. The van der Waals surface area contributed by atoms with Crippen molar-refractivity contribution in [3.63, 3.8) is 0 Å². The van der Waals surface area contributed by atoms with E-state index in [1.54, 1.807) is 6.92 Å². The monoisotopic (exact) mass is 259 g/mol. The number of alkyl halides is 2. The molecule has 0 aliphatic heterocycles. The zero-order valence-electron chi connectivity index (χ0n) is 9.78. The molecule has 7 heteroatoms. The number of ketones is 1. The second-order valence-corrected chi connectivity index (χ2v) is 3.53. The Labute approximate surface area is 102 Å². The smallest absolute Gasteiger partial charge is 0.387 e. The number of aryl methyl sites for hydroxylation is 1. The molecular formula is C11H11F2NO4. The molecule has 0 heterocycles. The van der Waals surface area contributed by atoms with Gasteiger partial charge in [0.25, 0.3) is 5.69 Å². The molecule has 1 aromatic carbocycles. The van der Waals surface area contributed by atoms with Gasteiger partial charge in [-0.05, 0) is 25.0 Å². The summed E-state index contributed by atoms with van der Waals surface area (Å²) in [5.74, 6) is -1.15. The second-order valence-electron chi connectivity index (χ2n) is 3.53. The minimum atomic E-state index is -3.14. The van der Waals surface area contributed by atoms with Gasteiger partial charge in [0.15, 0.2) is 5.78 Å². The van der Waals surface area contributed by atoms with Crippen LogP contribution in [0.3, 0.4) is 0 Å². The van der Waals surface area contributed by atoms with Gasteiger partial charge in [0, 0.05) is 6.07 Å². The molecule has 0 aliphatic carbocycles. The molecule has 5 nitrogen and oxygen atoms in total. The molecule has 0 spiro atoms. The lowest BCUT2D eigenvalue weighted by Gasteiger charge is -2.10. The molecule has 0 radical (unpaired) electrons. The van der Waals surface area contributed by atoms with Crippen molar-refractivity contribution < 1.29 is 23.2 Å². The van der Waals surface area contributed by atoms with E-state index >= 15 is 0 Å². The van der Waals surface area contributed by atoms with E-state index < -0.39 is 34.3 Å². The summed E-state index contributed by atoms with van der Waals surface area (Å²) in [7, 11) is 0. The van der Waals surface area contributed by atoms with E-state index in [1.807, 2.05) is 0 Å². The highest BCUT2D eigenvalue weighted by molar-refractivity contribution is 6.01. The summed E-state index contributed by atoms with van der Waals surface area (Å²) in [5, 5.41) is 10.8. The Morgan fingerprint density at radius 3 is 2.50 bits per heavy atom. The van der Waals surface area contributed by atoms with Gasteiger partial charge in [-0.25, -0.2) is 0 Å². The van der Waals surface area contributed by atoms with E-state index in [1.165, 1.54) is 12.1 Å². The van der Waals surface area contributed by atoms with Gasteiger partial charge in [0.05, 0.1) is 4.92 Å². The lowest BCUT2D eigenvalue weighted by atomic mass is 10.0. The number of hydrogen-bond donors (Lipinski definition) is 0. The largest absolute Gasteiger partial charge is 0.434 e. The van der Waals surface area contributed by atoms with Crippen LogP contribution in [0.2, 0.25) is 0 Å². The van der Waals surface area contributed by atoms with E-state index in [4.69, 9.17) is 0 Å². The molecular weight excluding hydrogens is 248 g/mol. The topological polar surface area (TPSA) is 69.4 Å². The van der Waals surface area contributed by atoms with Crippen molar-refractivity contribution in [1.29, 1.82) is 0 Å².